The predicted octanol–water partition coefficient (Wildman–Crippen LogP) is 3.00. The fourth-order valence-corrected chi connectivity index (χ4v) is 3.59. The number of carboxylic acids is 1. The first-order valence-corrected chi connectivity index (χ1v) is 9.68. The van der Waals surface area contributed by atoms with E-state index in [4.69, 9.17) is 9.84 Å². The number of amides is 1. The number of carbonyl (C=O) groups excluding carboxylic acids is 2. The van der Waals surface area contributed by atoms with E-state index in [0.29, 0.717) is 11.1 Å². The Morgan fingerprint density at radius 2 is 1.77 bits per heavy atom. The van der Waals surface area contributed by atoms with E-state index in [1.807, 2.05) is 6.92 Å². The number of Topliss-reactive ketones (excluding diaryl/α,β-unsaturated/α-hetero) is 1. The molecule has 1 aliphatic rings. The van der Waals surface area contributed by atoms with Gasteiger partial charge in [-0.2, -0.15) is 0 Å². The molecule has 1 heterocycles. The monoisotopic (exact) mass is 425 g/mol. The van der Waals surface area contributed by atoms with Gasteiger partial charge in [0.1, 0.15) is 5.76 Å². The van der Waals surface area contributed by atoms with Crippen LogP contribution in [0.2, 0.25) is 0 Å². The molecule has 3 N–H and O–H groups in total. The van der Waals surface area contributed by atoms with Crippen molar-refractivity contribution in [1.29, 1.82) is 0 Å². The minimum absolute atomic E-state index is 0.00934. The zero-order valence-electron chi connectivity index (χ0n) is 17.2. The lowest BCUT2D eigenvalue weighted by Gasteiger charge is -2.25. The topological polar surface area (TPSA) is 124 Å². The van der Waals surface area contributed by atoms with Crippen LogP contribution >= 0.6 is 0 Å². The van der Waals surface area contributed by atoms with E-state index in [1.165, 1.54) is 30.2 Å². The van der Waals surface area contributed by atoms with Crippen molar-refractivity contribution in [1.82, 2.24) is 4.90 Å². The summed E-state index contributed by atoms with van der Waals surface area (Å²) in [5.74, 6) is -2.99. The van der Waals surface area contributed by atoms with Crippen molar-refractivity contribution in [2.45, 2.75) is 25.8 Å². The van der Waals surface area contributed by atoms with Gasteiger partial charge in [-0.25, -0.2) is 0 Å². The Kier molecular flexibility index (Phi) is 6.29. The molecule has 2 aromatic carbocycles. The minimum Gasteiger partial charge on any atom is -0.507 e. The molecule has 0 spiro atoms. The third-order valence-electron chi connectivity index (χ3n) is 5.17. The zero-order valence-corrected chi connectivity index (χ0v) is 17.2. The molecule has 8 nitrogen and oxygen atoms in total. The third kappa shape index (κ3) is 4.37. The number of ketones is 1. The van der Waals surface area contributed by atoms with Gasteiger partial charge in [-0.1, -0.05) is 35.9 Å². The van der Waals surface area contributed by atoms with Crippen molar-refractivity contribution in [3.63, 3.8) is 0 Å². The molecular formula is C23H23NO7. The van der Waals surface area contributed by atoms with Crippen molar-refractivity contribution >= 4 is 23.4 Å². The molecule has 8 heteroatoms. The highest BCUT2D eigenvalue weighted by atomic mass is 16.5. The number of aliphatic hydroxyl groups excluding tert-OH is 1. The molecule has 2 aromatic rings. The van der Waals surface area contributed by atoms with Crippen molar-refractivity contribution in [3.05, 3.63) is 64.7 Å². The lowest BCUT2D eigenvalue weighted by atomic mass is 9.94. The number of aromatic hydroxyl groups is 1. The summed E-state index contributed by atoms with van der Waals surface area (Å²) < 4.78 is 5.15. The summed E-state index contributed by atoms with van der Waals surface area (Å²) in [6.07, 6.45) is -0.0365. The highest BCUT2D eigenvalue weighted by Gasteiger charge is 2.46. The molecule has 0 aromatic heterocycles. The Labute approximate surface area is 179 Å². The number of benzene rings is 2. The van der Waals surface area contributed by atoms with Gasteiger partial charge in [-0.3, -0.25) is 14.4 Å². The van der Waals surface area contributed by atoms with Crippen LogP contribution < -0.4 is 4.74 Å². The number of hydrogen-bond acceptors (Lipinski definition) is 6. The van der Waals surface area contributed by atoms with Crippen LogP contribution in [0.25, 0.3) is 5.76 Å². The Hall–Kier alpha value is -3.81. The van der Waals surface area contributed by atoms with Crippen molar-refractivity contribution in [2.24, 2.45) is 0 Å². The van der Waals surface area contributed by atoms with Crippen LogP contribution in [0.5, 0.6) is 11.5 Å². The number of ether oxygens (including phenoxy) is 1. The first-order valence-electron chi connectivity index (χ1n) is 9.68. The van der Waals surface area contributed by atoms with E-state index >= 15 is 0 Å². The van der Waals surface area contributed by atoms with Crippen LogP contribution in [0.3, 0.4) is 0 Å². The number of aliphatic carboxylic acids is 1. The normalized spacial score (nSPS) is 17.7. The molecule has 162 valence electrons. The van der Waals surface area contributed by atoms with E-state index in [-0.39, 0.29) is 42.2 Å². The van der Waals surface area contributed by atoms with Crippen molar-refractivity contribution in [3.8, 4) is 11.5 Å². The van der Waals surface area contributed by atoms with Gasteiger partial charge >= 0.3 is 5.97 Å². The molecule has 1 saturated heterocycles. The summed E-state index contributed by atoms with van der Waals surface area (Å²) in [4.78, 5) is 37.8. The SMILES string of the molecule is COc1cc([C@@H]2C(=C(O)c3ccc(C)cc3)C(=O)C(=O)N2CCCC(=O)O)ccc1O. The molecule has 0 unspecified atom stereocenters. The summed E-state index contributed by atoms with van der Waals surface area (Å²) in [6, 6.07) is 10.3. The van der Waals surface area contributed by atoms with Crippen molar-refractivity contribution < 1.29 is 34.4 Å². The number of carboxylic acid groups (broad SMARTS) is 1. The molecular weight excluding hydrogens is 402 g/mol. The molecule has 1 atom stereocenters. The van der Waals surface area contributed by atoms with Gasteiger partial charge in [0, 0.05) is 18.5 Å². The van der Waals surface area contributed by atoms with Crippen LogP contribution in [0.15, 0.2) is 48.0 Å². The number of phenols is 1. The molecule has 0 aliphatic carbocycles. The molecule has 1 amide bonds. The van der Waals surface area contributed by atoms with E-state index in [1.54, 1.807) is 24.3 Å². The smallest absolute Gasteiger partial charge is 0.303 e. The molecule has 1 aliphatic heterocycles. The number of aryl methyl sites for hydroxylation is 1. The average Bonchev–Trinajstić information content (AvgIpc) is 2.99. The van der Waals surface area contributed by atoms with E-state index in [9.17, 15) is 24.6 Å². The number of aliphatic hydroxyl groups is 1. The maximum Gasteiger partial charge on any atom is 0.303 e. The molecule has 0 saturated carbocycles. The minimum atomic E-state index is -1.01. The fourth-order valence-electron chi connectivity index (χ4n) is 3.59. The summed E-state index contributed by atoms with van der Waals surface area (Å²) in [5.41, 5.74) is 1.69. The summed E-state index contributed by atoms with van der Waals surface area (Å²) in [5, 5.41) is 29.8. The van der Waals surface area contributed by atoms with Crippen LogP contribution in [0, 0.1) is 6.92 Å². The van der Waals surface area contributed by atoms with E-state index < -0.39 is 23.7 Å². The Bertz CT molecular complexity index is 1060. The Morgan fingerprint density at radius 3 is 2.39 bits per heavy atom. The van der Waals surface area contributed by atoms with E-state index in [0.717, 1.165) is 5.56 Å². The number of hydrogen-bond donors (Lipinski definition) is 3. The zero-order chi connectivity index (χ0) is 22.7. The molecule has 3 rings (SSSR count). The summed E-state index contributed by atoms with van der Waals surface area (Å²) >= 11 is 0. The van der Waals surface area contributed by atoms with Gasteiger partial charge in [0.2, 0.25) is 0 Å². The third-order valence-corrected chi connectivity index (χ3v) is 5.17. The molecule has 31 heavy (non-hydrogen) atoms. The highest BCUT2D eigenvalue weighted by molar-refractivity contribution is 6.46. The Morgan fingerprint density at radius 1 is 1.10 bits per heavy atom. The standard InChI is InChI=1S/C23H23NO7/c1-13-5-7-14(8-6-13)21(28)19-20(15-9-10-16(25)17(12-15)31-2)24(23(30)22(19)29)11-3-4-18(26)27/h5-10,12,20,25,28H,3-4,11H2,1-2H3,(H,26,27)/t20-/m1/s1. The number of nitrogens with zero attached hydrogens (tertiary/aromatic N) is 1. The number of methoxy groups -OCH3 is 1. The Balaban J connectivity index is 2.14. The first-order chi connectivity index (χ1) is 14.7. The fraction of sp³-hybridized carbons (Fsp3) is 0.261. The van der Waals surface area contributed by atoms with Crippen LogP contribution in [0.1, 0.15) is 35.6 Å². The predicted molar refractivity (Wildman–Crippen MR) is 112 cm³/mol. The van der Waals surface area contributed by atoms with Gasteiger partial charge in [0.25, 0.3) is 11.7 Å². The lowest BCUT2D eigenvalue weighted by molar-refractivity contribution is -0.140. The molecule has 0 radical (unpaired) electrons. The maximum absolute atomic E-state index is 12.9. The second-order valence-corrected chi connectivity index (χ2v) is 7.29. The van der Waals surface area contributed by atoms with Gasteiger partial charge in [0.15, 0.2) is 11.5 Å². The highest BCUT2D eigenvalue weighted by Crippen LogP contribution is 2.41. The molecule has 1 fully saturated rings. The van der Waals surface area contributed by atoms with Gasteiger partial charge < -0.3 is 25.0 Å². The summed E-state index contributed by atoms with van der Waals surface area (Å²) in [6.45, 7) is 1.89. The largest absolute Gasteiger partial charge is 0.507 e. The quantitative estimate of drug-likeness (QED) is 0.354. The van der Waals surface area contributed by atoms with Crippen molar-refractivity contribution in [2.75, 3.05) is 13.7 Å². The van der Waals surface area contributed by atoms with E-state index in [2.05, 4.69) is 0 Å². The summed E-state index contributed by atoms with van der Waals surface area (Å²) in [7, 11) is 1.37. The first kappa shape index (κ1) is 21.9. The second-order valence-electron chi connectivity index (χ2n) is 7.29. The lowest BCUT2D eigenvalue weighted by Crippen LogP contribution is -2.31. The number of phenolic OH excluding ortho intramolecular Hbond substituents is 1. The van der Waals surface area contributed by atoms with Crippen LogP contribution in [-0.2, 0) is 14.4 Å². The van der Waals surface area contributed by atoms with Gasteiger partial charge in [-0.05, 0) is 31.0 Å². The number of carbonyl (C=O) groups is 3. The average molecular weight is 425 g/mol. The van der Waals surface area contributed by atoms with Gasteiger partial charge in [0.05, 0.1) is 18.7 Å². The van der Waals surface area contributed by atoms with Crippen LogP contribution in [-0.4, -0.2) is 51.5 Å². The van der Waals surface area contributed by atoms with Crippen LogP contribution in [0.4, 0.5) is 0 Å². The maximum atomic E-state index is 12.9. The van der Waals surface area contributed by atoms with Gasteiger partial charge in [-0.15, -0.1) is 0 Å². The molecule has 0 bridgehead atoms. The number of rotatable bonds is 7. The second kappa shape index (κ2) is 8.91. The number of likely N-dealkylation sites (tertiary alicyclic amines) is 1.